The Bertz CT molecular complexity index is 1160. The van der Waals surface area contributed by atoms with Crippen LogP contribution in [0.15, 0.2) is 78.9 Å². The second kappa shape index (κ2) is 12.6. The molecule has 3 aromatic carbocycles. The first-order valence-electron chi connectivity index (χ1n) is 14.2. The molecule has 2 fully saturated rings. The Balaban J connectivity index is 1.31. The van der Waals surface area contributed by atoms with Crippen LogP contribution in [0.3, 0.4) is 0 Å². The minimum atomic E-state index is -0.264. The summed E-state index contributed by atoms with van der Waals surface area (Å²) in [7, 11) is 0. The van der Waals surface area contributed by atoms with E-state index in [4.69, 9.17) is 9.47 Å². The summed E-state index contributed by atoms with van der Waals surface area (Å²) in [5.41, 5.74) is 5.47. The average Bonchev–Trinajstić information content (AvgIpc) is 3.48. The van der Waals surface area contributed by atoms with E-state index in [2.05, 4.69) is 64.4 Å². The highest BCUT2D eigenvalue weighted by Gasteiger charge is 2.36. The summed E-state index contributed by atoms with van der Waals surface area (Å²) in [6, 6.07) is 27.3. The lowest BCUT2D eigenvalue weighted by atomic mass is 9.82. The summed E-state index contributed by atoms with van der Waals surface area (Å²) in [6.45, 7) is 8.26. The highest BCUT2D eigenvalue weighted by molar-refractivity contribution is 5.89. The van der Waals surface area contributed by atoms with Crippen LogP contribution in [0.4, 0.5) is 5.69 Å². The zero-order valence-corrected chi connectivity index (χ0v) is 22.6. The molecule has 0 aromatic heterocycles. The van der Waals surface area contributed by atoms with Gasteiger partial charge in [0, 0.05) is 31.7 Å². The van der Waals surface area contributed by atoms with Crippen LogP contribution in [0.2, 0.25) is 0 Å². The van der Waals surface area contributed by atoms with E-state index in [1.165, 1.54) is 42.6 Å². The largest absolute Gasteiger partial charge is 0.462 e. The van der Waals surface area contributed by atoms with E-state index in [9.17, 15) is 4.79 Å². The van der Waals surface area contributed by atoms with Gasteiger partial charge in [0.1, 0.15) is 0 Å². The van der Waals surface area contributed by atoms with Gasteiger partial charge in [-0.1, -0.05) is 54.6 Å². The third-order valence-electron chi connectivity index (χ3n) is 8.05. The van der Waals surface area contributed by atoms with Crippen molar-refractivity contribution >= 4 is 11.7 Å². The van der Waals surface area contributed by atoms with Crippen LogP contribution in [-0.4, -0.2) is 62.4 Å². The second-order valence-electron chi connectivity index (χ2n) is 10.5. The summed E-state index contributed by atoms with van der Waals surface area (Å²) in [6.07, 6.45) is 5.46. The molecule has 38 heavy (non-hydrogen) atoms. The molecule has 2 heterocycles. The minimum absolute atomic E-state index is 0.189. The lowest BCUT2D eigenvalue weighted by Crippen LogP contribution is -2.48. The fraction of sp³-hybridized carbons (Fsp3) is 0.424. The van der Waals surface area contributed by atoms with Crippen LogP contribution in [0.25, 0.3) is 11.1 Å². The first-order valence-corrected chi connectivity index (χ1v) is 14.2. The minimum Gasteiger partial charge on any atom is -0.462 e. The normalized spacial score (nSPS) is 17.4. The van der Waals surface area contributed by atoms with Gasteiger partial charge in [0.25, 0.3) is 0 Å². The summed E-state index contributed by atoms with van der Waals surface area (Å²) >= 11 is 0. The monoisotopic (exact) mass is 512 g/mol. The van der Waals surface area contributed by atoms with E-state index in [-0.39, 0.29) is 11.6 Å². The van der Waals surface area contributed by atoms with Crippen LogP contribution < -0.4 is 4.90 Å². The number of rotatable bonds is 10. The van der Waals surface area contributed by atoms with Crippen molar-refractivity contribution in [3.05, 3.63) is 90.0 Å². The van der Waals surface area contributed by atoms with Crippen molar-refractivity contribution in [1.29, 1.82) is 0 Å². The number of hydrogen-bond donors (Lipinski definition) is 0. The van der Waals surface area contributed by atoms with Gasteiger partial charge in [-0.05, 0) is 86.7 Å². The SMILES string of the molecule is CCOC(=O)c1ccc(N2CCC(Cc3ccccc3-c3ccccc3)(OCCN3CCCC3)CC2)cc1. The van der Waals surface area contributed by atoms with Gasteiger partial charge in [-0.2, -0.15) is 0 Å². The topological polar surface area (TPSA) is 42.0 Å². The lowest BCUT2D eigenvalue weighted by molar-refractivity contribution is -0.0663. The Morgan fingerprint density at radius 3 is 2.24 bits per heavy atom. The molecule has 200 valence electrons. The predicted octanol–water partition coefficient (Wildman–Crippen LogP) is 6.22. The fourth-order valence-electron chi connectivity index (χ4n) is 5.89. The maximum Gasteiger partial charge on any atom is 0.338 e. The van der Waals surface area contributed by atoms with Crippen LogP contribution in [0.1, 0.15) is 48.5 Å². The first-order chi connectivity index (χ1) is 18.7. The molecular weight excluding hydrogens is 472 g/mol. The van der Waals surface area contributed by atoms with E-state index < -0.39 is 0 Å². The Kier molecular flexibility index (Phi) is 8.77. The number of carbonyl (C=O) groups is 1. The van der Waals surface area contributed by atoms with Gasteiger partial charge in [-0.3, -0.25) is 0 Å². The highest BCUT2D eigenvalue weighted by atomic mass is 16.5. The number of hydrogen-bond acceptors (Lipinski definition) is 5. The summed E-state index contributed by atoms with van der Waals surface area (Å²) in [5.74, 6) is -0.264. The lowest BCUT2D eigenvalue weighted by Gasteiger charge is -2.43. The van der Waals surface area contributed by atoms with Crippen molar-refractivity contribution in [1.82, 2.24) is 4.90 Å². The van der Waals surface area contributed by atoms with Crippen molar-refractivity contribution in [2.75, 3.05) is 50.8 Å². The highest BCUT2D eigenvalue weighted by Crippen LogP contribution is 2.35. The molecule has 3 aromatic rings. The molecule has 0 bridgehead atoms. The van der Waals surface area contributed by atoms with Crippen LogP contribution in [-0.2, 0) is 15.9 Å². The van der Waals surface area contributed by atoms with Gasteiger partial charge in [0.05, 0.1) is 24.4 Å². The average molecular weight is 513 g/mol. The number of carbonyl (C=O) groups excluding carboxylic acids is 1. The molecule has 0 unspecified atom stereocenters. The third kappa shape index (κ3) is 6.46. The Labute approximate surface area is 227 Å². The molecule has 0 aliphatic carbocycles. The van der Waals surface area contributed by atoms with Crippen LogP contribution in [0, 0.1) is 0 Å². The number of esters is 1. The van der Waals surface area contributed by atoms with Gasteiger partial charge < -0.3 is 19.3 Å². The Morgan fingerprint density at radius 2 is 1.53 bits per heavy atom. The number of ether oxygens (including phenoxy) is 2. The number of benzene rings is 3. The molecule has 0 radical (unpaired) electrons. The van der Waals surface area contributed by atoms with Gasteiger partial charge in [0.2, 0.25) is 0 Å². The molecular formula is C33H40N2O3. The summed E-state index contributed by atoms with van der Waals surface area (Å²) in [4.78, 5) is 17.0. The van der Waals surface area contributed by atoms with Crippen molar-refractivity contribution < 1.29 is 14.3 Å². The molecule has 2 aliphatic heterocycles. The number of piperidine rings is 1. The van der Waals surface area contributed by atoms with Crippen molar-refractivity contribution in [2.45, 2.75) is 44.6 Å². The van der Waals surface area contributed by atoms with Gasteiger partial charge >= 0.3 is 5.97 Å². The fourth-order valence-corrected chi connectivity index (χ4v) is 5.89. The molecule has 0 amide bonds. The third-order valence-corrected chi connectivity index (χ3v) is 8.05. The van der Waals surface area contributed by atoms with Gasteiger partial charge in [0.15, 0.2) is 0 Å². The van der Waals surface area contributed by atoms with Crippen LogP contribution >= 0.6 is 0 Å². The van der Waals surface area contributed by atoms with E-state index in [0.29, 0.717) is 12.2 Å². The maximum atomic E-state index is 12.1. The van der Waals surface area contributed by atoms with E-state index in [1.807, 2.05) is 31.2 Å². The number of anilines is 1. The molecule has 5 rings (SSSR count). The Hall–Kier alpha value is -3.15. The molecule has 5 nitrogen and oxygen atoms in total. The zero-order valence-electron chi connectivity index (χ0n) is 22.6. The van der Waals surface area contributed by atoms with Crippen LogP contribution in [0.5, 0.6) is 0 Å². The molecule has 0 spiro atoms. The van der Waals surface area contributed by atoms with Crippen molar-refractivity contribution in [3.63, 3.8) is 0 Å². The van der Waals surface area contributed by atoms with Gasteiger partial charge in [-0.15, -0.1) is 0 Å². The van der Waals surface area contributed by atoms with E-state index in [1.54, 1.807) is 0 Å². The van der Waals surface area contributed by atoms with Crippen molar-refractivity contribution in [2.24, 2.45) is 0 Å². The van der Waals surface area contributed by atoms with Gasteiger partial charge in [-0.25, -0.2) is 4.79 Å². The number of nitrogens with zero attached hydrogens (tertiary/aromatic N) is 2. The number of likely N-dealkylation sites (tertiary alicyclic amines) is 1. The second-order valence-corrected chi connectivity index (χ2v) is 10.5. The molecule has 0 N–H and O–H groups in total. The molecule has 0 saturated carbocycles. The van der Waals surface area contributed by atoms with E-state index >= 15 is 0 Å². The molecule has 2 aliphatic rings. The first kappa shape index (κ1) is 26.5. The quantitative estimate of drug-likeness (QED) is 0.302. The molecule has 5 heteroatoms. The zero-order chi connectivity index (χ0) is 26.2. The summed E-state index contributed by atoms with van der Waals surface area (Å²) < 4.78 is 12.0. The van der Waals surface area contributed by atoms with E-state index in [0.717, 1.165) is 51.2 Å². The predicted molar refractivity (Wildman–Crippen MR) is 154 cm³/mol. The molecule has 0 atom stereocenters. The smallest absolute Gasteiger partial charge is 0.338 e. The molecule has 2 saturated heterocycles. The maximum absolute atomic E-state index is 12.1. The standard InChI is InChI=1S/C33H40N2O3/c1-2-37-32(36)28-14-16-30(17-15-28)35-22-18-33(19-23-35,38-25-24-34-20-8-9-21-34)26-29-12-6-7-13-31(29)27-10-4-3-5-11-27/h3-7,10-17H,2,8-9,18-26H2,1H3. The van der Waals surface area contributed by atoms with Crippen molar-refractivity contribution in [3.8, 4) is 11.1 Å². The Morgan fingerprint density at radius 1 is 0.842 bits per heavy atom. The summed E-state index contributed by atoms with van der Waals surface area (Å²) in [5, 5.41) is 0.